The number of carbonyl (C=O) groups is 3. The van der Waals surface area contributed by atoms with Crippen LogP contribution in [0.1, 0.15) is 13.8 Å². The monoisotopic (exact) mass is 199 g/mol. The summed E-state index contributed by atoms with van der Waals surface area (Å²) in [6.07, 6.45) is 0. The number of likely N-dealkylation sites (tertiary alicyclic amines) is 1. The Morgan fingerprint density at radius 3 is 2.50 bits per heavy atom. The molecule has 0 bridgehead atoms. The van der Waals surface area contributed by atoms with Crippen molar-refractivity contribution >= 4 is 17.7 Å². The number of Topliss-reactive ketones (excluding diaryl/α,β-unsaturated/α-hetero) is 1. The zero-order valence-corrected chi connectivity index (χ0v) is 8.44. The van der Waals surface area contributed by atoms with Crippen molar-refractivity contribution in [3.63, 3.8) is 0 Å². The number of hydrogen-bond acceptors (Lipinski definition) is 4. The molecular weight excluding hydrogens is 186 g/mol. The molecule has 0 aromatic carbocycles. The molecule has 5 nitrogen and oxygen atoms in total. The van der Waals surface area contributed by atoms with Gasteiger partial charge in [0.25, 0.3) is 0 Å². The average Bonchev–Trinajstić information content (AvgIpc) is 2.11. The van der Waals surface area contributed by atoms with E-state index in [1.165, 1.54) is 18.9 Å². The number of amides is 1. The lowest BCUT2D eigenvalue weighted by atomic mass is 9.85. The largest absolute Gasteiger partial charge is 0.464 e. The molecule has 78 valence electrons. The molecular formula is C9H13NO4. The van der Waals surface area contributed by atoms with Crippen molar-refractivity contribution in [2.24, 2.45) is 5.92 Å². The third-order valence-electron chi connectivity index (χ3n) is 2.31. The lowest BCUT2D eigenvalue weighted by molar-refractivity contribution is -0.174. The van der Waals surface area contributed by atoms with Gasteiger partial charge in [-0.15, -0.1) is 0 Å². The van der Waals surface area contributed by atoms with Crippen LogP contribution >= 0.6 is 0 Å². The van der Waals surface area contributed by atoms with Crippen LogP contribution in [0.25, 0.3) is 0 Å². The van der Waals surface area contributed by atoms with E-state index in [0.717, 1.165) is 0 Å². The number of esters is 1. The number of nitrogens with zero attached hydrogens (tertiary/aromatic N) is 1. The van der Waals surface area contributed by atoms with Crippen molar-refractivity contribution in [3.8, 4) is 0 Å². The number of likely N-dealkylation sites (N-methyl/N-ethyl adjacent to an activating group) is 1. The fraction of sp³-hybridized carbons (Fsp3) is 0.667. The smallest absolute Gasteiger partial charge is 0.330 e. The predicted molar refractivity (Wildman–Crippen MR) is 47.4 cm³/mol. The van der Waals surface area contributed by atoms with Crippen molar-refractivity contribution in [1.82, 2.24) is 4.90 Å². The molecule has 0 unspecified atom stereocenters. The highest BCUT2D eigenvalue weighted by Crippen LogP contribution is 2.26. The Hall–Kier alpha value is -1.39. The third kappa shape index (κ3) is 1.49. The third-order valence-corrected chi connectivity index (χ3v) is 2.31. The van der Waals surface area contributed by atoms with Gasteiger partial charge in [0.15, 0.2) is 0 Å². The molecule has 0 aliphatic carbocycles. The van der Waals surface area contributed by atoms with E-state index in [4.69, 9.17) is 4.74 Å². The quantitative estimate of drug-likeness (QED) is 0.352. The number of hydrogen-bond donors (Lipinski definition) is 0. The van der Waals surface area contributed by atoms with Crippen LogP contribution in [-0.4, -0.2) is 42.3 Å². The van der Waals surface area contributed by atoms with Gasteiger partial charge in [-0.1, -0.05) is 0 Å². The molecule has 0 aromatic rings. The first kappa shape index (κ1) is 10.7. The first-order valence-electron chi connectivity index (χ1n) is 4.44. The Labute approximate surface area is 82.0 Å². The van der Waals surface area contributed by atoms with E-state index in [2.05, 4.69) is 0 Å². The standard InChI is InChI=1S/C9H13NO4/c1-4-14-9(13)7-6(5(2)11)8(12)10(7)3/h6-7H,4H2,1-3H3/t6-,7-/m1/s1. The van der Waals surface area contributed by atoms with E-state index >= 15 is 0 Å². The molecule has 14 heavy (non-hydrogen) atoms. The van der Waals surface area contributed by atoms with Gasteiger partial charge in [0.1, 0.15) is 17.7 Å². The Bertz CT molecular complexity index is 287. The molecule has 1 amide bonds. The van der Waals surface area contributed by atoms with Crippen molar-refractivity contribution in [2.45, 2.75) is 19.9 Å². The minimum atomic E-state index is -0.834. The van der Waals surface area contributed by atoms with Crippen LogP contribution in [0.4, 0.5) is 0 Å². The van der Waals surface area contributed by atoms with Crippen LogP contribution in [-0.2, 0) is 19.1 Å². The molecule has 5 heteroatoms. The lowest BCUT2D eigenvalue weighted by Crippen LogP contribution is -2.65. The summed E-state index contributed by atoms with van der Waals surface area (Å²) in [7, 11) is 1.49. The van der Waals surface area contributed by atoms with Crippen LogP contribution < -0.4 is 0 Å². The van der Waals surface area contributed by atoms with Crippen molar-refractivity contribution in [1.29, 1.82) is 0 Å². The van der Waals surface area contributed by atoms with E-state index in [1.807, 2.05) is 0 Å². The summed E-state index contributed by atoms with van der Waals surface area (Å²) in [6.45, 7) is 3.24. The van der Waals surface area contributed by atoms with Crippen LogP contribution in [0.15, 0.2) is 0 Å². The van der Waals surface area contributed by atoms with Gasteiger partial charge in [-0.2, -0.15) is 0 Å². The summed E-state index contributed by atoms with van der Waals surface area (Å²) in [6, 6.07) is -0.722. The molecule has 0 saturated carbocycles. The maximum absolute atomic E-state index is 11.3. The number of carbonyl (C=O) groups excluding carboxylic acids is 3. The van der Waals surface area contributed by atoms with E-state index in [0.29, 0.717) is 0 Å². The Morgan fingerprint density at radius 1 is 1.50 bits per heavy atom. The van der Waals surface area contributed by atoms with Gasteiger partial charge in [0.2, 0.25) is 5.91 Å². The zero-order valence-electron chi connectivity index (χ0n) is 8.44. The average molecular weight is 199 g/mol. The molecule has 1 aliphatic heterocycles. The highest BCUT2D eigenvalue weighted by atomic mass is 16.5. The maximum atomic E-state index is 11.3. The molecule has 0 aromatic heterocycles. The topological polar surface area (TPSA) is 63.7 Å². The second kappa shape index (κ2) is 3.77. The molecule has 1 rings (SSSR count). The fourth-order valence-electron chi connectivity index (χ4n) is 1.55. The van der Waals surface area contributed by atoms with Gasteiger partial charge in [0, 0.05) is 7.05 Å². The first-order valence-corrected chi connectivity index (χ1v) is 4.44. The molecule has 1 heterocycles. The molecule has 0 spiro atoms. The second-order valence-electron chi connectivity index (χ2n) is 3.23. The number of ketones is 1. The Balaban J connectivity index is 2.73. The predicted octanol–water partition coefficient (Wildman–Crippen LogP) is -0.405. The van der Waals surface area contributed by atoms with E-state index < -0.39 is 17.9 Å². The van der Waals surface area contributed by atoms with Crippen LogP contribution in [0.2, 0.25) is 0 Å². The first-order chi connectivity index (χ1) is 6.50. The summed E-state index contributed by atoms with van der Waals surface area (Å²) in [4.78, 5) is 34.8. The lowest BCUT2D eigenvalue weighted by Gasteiger charge is -2.41. The Morgan fingerprint density at radius 2 is 2.07 bits per heavy atom. The van der Waals surface area contributed by atoms with Gasteiger partial charge in [-0.05, 0) is 13.8 Å². The summed E-state index contributed by atoms with van der Waals surface area (Å²) in [5, 5.41) is 0. The van der Waals surface area contributed by atoms with Crippen molar-refractivity contribution < 1.29 is 19.1 Å². The van der Waals surface area contributed by atoms with E-state index in [1.54, 1.807) is 6.92 Å². The Kier molecular flexibility index (Phi) is 2.88. The molecule has 1 saturated heterocycles. The fourth-order valence-corrected chi connectivity index (χ4v) is 1.55. The SMILES string of the molecule is CCOC(=O)[C@H]1[C@@H](C(C)=O)C(=O)N1C. The number of ether oxygens (including phenoxy) is 1. The second-order valence-corrected chi connectivity index (χ2v) is 3.23. The van der Waals surface area contributed by atoms with Gasteiger partial charge >= 0.3 is 5.97 Å². The summed E-state index contributed by atoms with van der Waals surface area (Å²) in [5.74, 6) is -1.93. The van der Waals surface area contributed by atoms with Gasteiger partial charge < -0.3 is 9.64 Å². The van der Waals surface area contributed by atoms with Gasteiger partial charge in [-0.3, -0.25) is 9.59 Å². The van der Waals surface area contributed by atoms with Crippen LogP contribution in [0.3, 0.4) is 0 Å². The zero-order chi connectivity index (χ0) is 10.9. The number of β-lactam (4-membered cyclic amide) rings is 1. The summed E-state index contributed by atoms with van der Waals surface area (Å²) >= 11 is 0. The van der Waals surface area contributed by atoms with E-state index in [-0.39, 0.29) is 18.3 Å². The molecule has 1 aliphatic rings. The van der Waals surface area contributed by atoms with Gasteiger partial charge in [-0.25, -0.2) is 4.79 Å². The van der Waals surface area contributed by atoms with Crippen LogP contribution in [0.5, 0.6) is 0 Å². The summed E-state index contributed by atoms with van der Waals surface area (Å²) in [5.41, 5.74) is 0. The van der Waals surface area contributed by atoms with Crippen molar-refractivity contribution in [2.75, 3.05) is 13.7 Å². The maximum Gasteiger partial charge on any atom is 0.330 e. The number of rotatable bonds is 3. The molecule has 0 radical (unpaired) electrons. The molecule has 2 atom stereocenters. The van der Waals surface area contributed by atoms with Crippen LogP contribution in [0, 0.1) is 5.92 Å². The molecule has 1 fully saturated rings. The minimum absolute atomic E-state index is 0.252. The van der Waals surface area contributed by atoms with Crippen molar-refractivity contribution in [3.05, 3.63) is 0 Å². The molecule has 0 N–H and O–H groups in total. The van der Waals surface area contributed by atoms with E-state index in [9.17, 15) is 14.4 Å². The minimum Gasteiger partial charge on any atom is -0.464 e. The highest BCUT2D eigenvalue weighted by Gasteiger charge is 2.52. The highest BCUT2D eigenvalue weighted by molar-refractivity contribution is 6.11. The summed E-state index contributed by atoms with van der Waals surface area (Å²) < 4.78 is 4.76. The van der Waals surface area contributed by atoms with Gasteiger partial charge in [0.05, 0.1) is 6.61 Å². The normalized spacial score (nSPS) is 25.6.